The van der Waals surface area contributed by atoms with Crippen molar-refractivity contribution in [3.63, 3.8) is 0 Å². The number of nitrogens with zero attached hydrogens (tertiary/aromatic N) is 2. The van der Waals surface area contributed by atoms with Gasteiger partial charge in [-0.1, -0.05) is 6.42 Å². The first kappa shape index (κ1) is 14.1. The van der Waals surface area contributed by atoms with Crippen LogP contribution in [0.3, 0.4) is 0 Å². The molecule has 0 fully saturated rings. The van der Waals surface area contributed by atoms with Crippen molar-refractivity contribution in [2.45, 2.75) is 58.5 Å². The molecule has 1 heterocycles. The molecule has 0 aromatic carbocycles. The summed E-state index contributed by atoms with van der Waals surface area (Å²) >= 11 is 0. The number of nitrogens with one attached hydrogen (secondary N) is 1. The lowest BCUT2D eigenvalue weighted by Gasteiger charge is -2.15. The maximum atomic E-state index is 9.08. The van der Waals surface area contributed by atoms with E-state index in [1.807, 2.05) is 13.8 Å². The Morgan fingerprint density at radius 2 is 2.21 bits per heavy atom. The standard InChI is InChI=1S/C16H25N3/c1-16(2,12-17)8-9-19-10-13-6-4-5-7-15(18-3)14(13)11-19/h10-11,15,18H,4-9H2,1-3H3. The van der Waals surface area contributed by atoms with E-state index in [1.165, 1.54) is 36.8 Å². The quantitative estimate of drug-likeness (QED) is 0.842. The molecule has 1 aliphatic carbocycles. The monoisotopic (exact) mass is 259 g/mol. The molecule has 0 radical (unpaired) electrons. The first-order chi connectivity index (χ1) is 9.05. The van der Waals surface area contributed by atoms with Gasteiger partial charge < -0.3 is 9.88 Å². The van der Waals surface area contributed by atoms with Gasteiger partial charge >= 0.3 is 0 Å². The second kappa shape index (κ2) is 5.79. The molecule has 1 aromatic rings. The molecular weight excluding hydrogens is 234 g/mol. The molecular formula is C16H25N3. The predicted molar refractivity (Wildman–Crippen MR) is 77.8 cm³/mol. The van der Waals surface area contributed by atoms with Crippen molar-refractivity contribution in [1.29, 1.82) is 5.26 Å². The van der Waals surface area contributed by atoms with Gasteiger partial charge in [-0.15, -0.1) is 0 Å². The van der Waals surface area contributed by atoms with Crippen LogP contribution in [0.1, 0.15) is 56.7 Å². The predicted octanol–water partition coefficient (Wildman–Crippen LogP) is 3.41. The highest BCUT2D eigenvalue weighted by atomic mass is 15.0. The van der Waals surface area contributed by atoms with Crippen LogP contribution >= 0.6 is 0 Å². The van der Waals surface area contributed by atoms with E-state index in [0.29, 0.717) is 6.04 Å². The van der Waals surface area contributed by atoms with Crippen molar-refractivity contribution in [3.05, 3.63) is 23.5 Å². The van der Waals surface area contributed by atoms with Gasteiger partial charge in [0.2, 0.25) is 0 Å². The Labute approximate surface area is 116 Å². The number of fused-ring (bicyclic) bond motifs is 1. The second-order valence-corrected chi connectivity index (χ2v) is 6.31. The molecule has 19 heavy (non-hydrogen) atoms. The fourth-order valence-electron chi connectivity index (χ4n) is 2.81. The molecule has 0 saturated carbocycles. The summed E-state index contributed by atoms with van der Waals surface area (Å²) in [5.41, 5.74) is 2.73. The van der Waals surface area contributed by atoms with E-state index < -0.39 is 0 Å². The number of hydrogen-bond donors (Lipinski definition) is 1. The summed E-state index contributed by atoms with van der Waals surface area (Å²) in [6, 6.07) is 2.88. The molecule has 1 atom stereocenters. The van der Waals surface area contributed by atoms with Crippen LogP contribution in [0.2, 0.25) is 0 Å². The van der Waals surface area contributed by atoms with Gasteiger partial charge in [-0.2, -0.15) is 5.26 Å². The summed E-state index contributed by atoms with van der Waals surface area (Å²) in [7, 11) is 2.05. The average molecular weight is 259 g/mol. The highest BCUT2D eigenvalue weighted by Gasteiger charge is 2.20. The lowest BCUT2D eigenvalue weighted by atomic mass is 9.91. The molecule has 0 aliphatic heterocycles. The maximum absolute atomic E-state index is 9.08. The Kier molecular flexibility index (Phi) is 4.31. The minimum atomic E-state index is -0.232. The largest absolute Gasteiger partial charge is 0.354 e. The van der Waals surface area contributed by atoms with E-state index >= 15 is 0 Å². The van der Waals surface area contributed by atoms with Crippen LogP contribution < -0.4 is 5.32 Å². The number of hydrogen-bond acceptors (Lipinski definition) is 2. The summed E-state index contributed by atoms with van der Waals surface area (Å²) in [6.07, 6.45) is 10.5. The molecule has 1 N–H and O–H groups in total. The molecule has 3 heteroatoms. The SMILES string of the molecule is CNC1CCCCc2cn(CCC(C)(C)C#N)cc21. The minimum Gasteiger partial charge on any atom is -0.354 e. The summed E-state index contributed by atoms with van der Waals surface area (Å²) < 4.78 is 2.28. The third kappa shape index (κ3) is 3.39. The van der Waals surface area contributed by atoms with Crippen molar-refractivity contribution in [1.82, 2.24) is 9.88 Å². The first-order valence-corrected chi connectivity index (χ1v) is 7.33. The smallest absolute Gasteiger partial charge is 0.0684 e. The Morgan fingerprint density at radius 1 is 1.42 bits per heavy atom. The average Bonchev–Trinajstić information content (AvgIpc) is 2.71. The Morgan fingerprint density at radius 3 is 2.89 bits per heavy atom. The van der Waals surface area contributed by atoms with Gasteiger partial charge in [-0.3, -0.25) is 0 Å². The molecule has 3 nitrogen and oxygen atoms in total. The topological polar surface area (TPSA) is 40.8 Å². The molecule has 1 unspecified atom stereocenters. The van der Waals surface area contributed by atoms with E-state index in [2.05, 4.69) is 35.4 Å². The highest BCUT2D eigenvalue weighted by molar-refractivity contribution is 5.29. The van der Waals surface area contributed by atoms with E-state index in [0.717, 1.165) is 13.0 Å². The van der Waals surface area contributed by atoms with Crippen LogP contribution in [-0.4, -0.2) is 11.6 Å². The number of aryl methyl sites for hydroxylation is 2. The third-order valence-corrected chi connectivity index (χ3v) is 4.21. The van der Waals surface area contributed by atoms with Crippen LogP contribution in [0, 0.1) is 16.7 Å². The molecule has 1 aromatic heterocycles. The molecule has 0 amide bonds. The van der Waals surface area contributed by atoms with E-state index in [4.69, 9.17) is 5.26 Å². The van der Waals surface area contributed by atoms with E-state index in [-0.39, 0.29) is 5.41 Å². The zero-order chi connectivity index (χ0) is 13.9. The van der Waals surface area contributed by atoms with Crippen LogP contribution in [0.15, 0.2) is 12.4 Å². The van der Waals surface area contributed by atoms with Crippen LogP contribution in [0.5, 0.6) is 0 Å². The van der Waals surface area contributed by atoms with Crippen molar-refractivity contribution < 1.29 is 0 Å². The fraction of sp³-hybridized carbons (Fsp3) is 0.688. The van der Waals surface area contributed by atoms with E-state index in [1.54, 1.807) is 0 Å². The lowest BCUT2D eigenvalue weighted by Crippen LogP contribution is -2.15. The maximum Gasteiger partial charge on any atom is 0.0684 e. The van der Waals surface area contributed by atoms with Crippen LogP contribution in [0.25, 0.3) is 0 Å². The highest BCUT2D eigenvalue weighted by Crippen LogP contribution is 2.30. The van der Waals surface area contributed by atoms with Crippen molar-refractivity contribution in [3.8, 4) is 6.07 Å². The number of rotatable bonds is 4. The van der Waals surface area contributed by atoms with Gasteiger partial charge in [-0.05, 0) is 57.7 Å². The fourth-order valence-corrected chi connectivity index (χ4v) is 2.81. The summed E-state index contributed by atoms with van der Waals surface area (Å²) in [5, 5.41) is 12.5. The van der Waals surface area contributed by atoms with Crippen LogP contribution in [-0.2, 0) is 13.0 Å². The number of nitriles is 1. The second-order valence-electron chi connectivity index (χ2n) is 6.31. The molecule has 0 saturated heterocycles. The molecule has 104 valence electrons. The van der Waals surface area contributed by atoms with Gasteiger partial charge in [0.05, 0.1) is 11.5 Å². The zero-order valence-corrected chi connectivity index (χ0v) is 12.4. The summed E-state index contributed by atoms with van der Waals surface area (Å²) in [4.78, 5) is 0. The van der Waals surface area contributed by atoms with Crippen molar-refractivity contribution in [2.24, 2.45) is 5.41 Å². The molecule has 2 rings (SSSR count). The summed E-state index contributed by atoms with van der Waals surface area (Å²) in [5.74, 6) is 0. The first-order valence-electron chi connectivity index (χ1n) is 7.33. The van der Waals surface area contributed by atoms with Gasteiger partial charge in [0, 0.05) is 25.0 Å². The third-order valence-electron chi connectivity index (χ3n) is 4.21. The van der Waals surface area contributed by atoms with Crippen molar-refractivity contribution in [2.75, 3.05) is 7.05 Å². The van der Waals surface area contributed by atoms with Crippen molar-refractivity contribution >= 4 is 0 Å². The van der Waals surface area contributed by atoms with Gasteiger partial charge in [0.15, 0.2) is 0 Å². The lowest BCUT2D eigenvalue weighted by molar-refractivity contribution is 0.413. The zero-order valence-electron chi connectivity index (χ0n) is 12.4. The van der Waals surface area contributed by atoms with Gasteiger partial charge in [0.25, 0.3) is 0 Å². The van der Waals surface area contributed by atoms with Gasteiger partial charge in [-0.25, -0.2) is 0 Å². The minimum absolute atomic E-state index is 0.232. The number of aromatic nitrogens is 1. The van der Waals surface area contributed by atoms with E-state index in [9.17, 15) is 0 Å². The van der Waals surface area contributed by atoms with Gasteiger partial charge in [0.1, 0.15) is 0 Å². The summed E-state index contributed by atoms with van der Waals surface area (Å²) in [6.45, 7) is 4.96. The molecule has 0 spiro atoms. The molecule has 0 bridgehead atoms. The van der Waals surface area contributed by atoms with Crippen LogP contribution in [0.4, 0.5) is 0 Å². The Hall–Kier alpha value is -1.27. The Balaban J connectivity index is 2.11. The normalized spacial score (nSPS) is 19.6. The molecule has 1 aliphatic rings. The Bertz CT molecular complexity index is 465.